The Morgan fingerprint density at radius 2 is 1.84 bits per heavy atom. The lowest BCUT2D eigenvalue weighted by Gasteiger charge is -2.17. The molecule has 0 aliphatic heterocycles. The van der Waals surface area contributed by atoms with E-state index in [-0.39, 0.29) is 18.1 Å². The molecule has 0 heterocycles. The van der Waals surface area contributed by atoms with Gasteiger partial charge in [0.25, 0.3) is 0 Å². The monoisotopic (exact) mass is 288 g/mol. The van der Waals surface area contributed by atoms with Crippen molar-refractivity contribution in [3.8, 4) is 0 Å². The number of nitrogens with zero attached hydrogens (tertiary/aromatic N) is 1. The van der Waals surface area contributed by atoms with Gasteiger partial charge < -0.3 is 5.32 Å². The summed E-state index contributed by atoms with van der Waals surface area (Å²) >= 11 is 0. The van der Waals surface area contributed by atoms with Crippen LogP contribution < -0.4 is 5.32 Å². The highest BCUT2D eigenvalue weighted by atomic mass is 32.2. The zero-order chi connectivity index (χ0) is 14.3. The van der Waals surface area contributed by atoms with Crippen LogP contribution in [0.4, 0.5) is 4.39 Å². The number of rotatable bonds is 8. The summed E-state index contributed by atoms with van der Waals surface area (Å²) in [4.78, 5) is 0. The Balaban J connectivity index is 2.51. The molecule has 108 valence electrons. The predicted molar refractivity (Wildman–Crippen MR) is 74.8 cm³/mol. The first-order valence-corrected chi connectivity index (χ1v) is 7.96. The predicted octanol–water partition coefficient (Wildman–Crippen LogP) is 1.59. The van der Waals surface area contributed by atoms with E-state index in [1.807, 2.05) is 6.92 Å². The summed E-state index contributed by atoms with van der Waals surface area (Å²) < 4.78 is 38.0. The highest BCUT2D eigenvalue weighted by Gasteiger charge is 2.17. The minimum absolute atomic E-state index is 0.0741. The first-order chi connectivity index (χ1) is 8.95. The summed E-state index contributed by atoms with van der Waals surface area (Å²) in [6.45, 7) is 3.56. The third-order valence-electron chi connectivity index (χ3n) is 2.76. The molecule has 0 aliphatic carbocycles. The molecule has 0 aromatic heterocycles. The van der Waals surface area contributed by atoms with Crippen LogP contribution in [0.2, 0.25) is 0 Å². The van der Waals surface area contributed by atoms with Crippen molar-refractivity contribution >= 4 is 10.0 Å². The summed E-state index contributed by atoms with van der Waals surface area (Å²) in [5.74, 6) is -0.247. The second-order valence-electron chi connectivity index (χ2n) is 4.45. The fraction of sp³-hybridized carbons (Fsp3) is 0.538. The van der Waals surface area contributed by atoms with Gasteiger partial charge in [0.05, 0.1) is 5.75 Å². The average Bonchev–Trinajstić information content (AvgIpc) is 2.37. The smallest absolute Gasteiger partial charge is 0.215 e. The fourth-order valence-corrected chi connectivity index (χ4v) is 2.66. The summed E-state index contributed by atoms with van der Waals surface area (Å²) in [6.07, 6.45) is 0.978. The van der Waals surface area contributed by atoms with E-state index in [1.165, 1.54) is 16.4 Å². The van der Waals surface area contributed by atoms with Crippen LogP contribution in [0.3, 0.4) is 0 Å². The Morgan fingerprint density at radius 1 is 1.21 bits per heavy atom. The summed E-state index contributed by atoms with van der Waals surface area (Å²) in [6, 6.07) is 5.85. The molecule has 0 amide bonds. The van der Waals surface area contributed by atoms with Gasteiger partial charge in [-0.05, 0) is 30.7 Å². The summed E-state index contributed by atoms with van der Waals surface area (Å²) in [7, 11) is -1.73. The molecule has 1 N–H and O–H groups in total. The van der Waals surface area contributed by atoms with E-state index in [4.69, 9.17) is 0 Å². The Labute approximate surface area is 114 Å². The second-order valence-corrected chi connectivity index (χ2v) is 6.64. The van der Waals surface area contributed by atoms with Gasteiger partial charge >= 0.3 is 0 Å². The van der Waals surface area contributed by atoms with Crippen LogP contribution in [0.15, 0.2) is 24.3 Å². The van der Waals surface area contributed by atoms with Gasteiger partial charge in [-0.25, -0.2) is 17.1 Å². The molecule has 0 bridgehead atoms. The van der Waals surface area contributed by atoms with E-state index in [0.717, 1.165) is 18.5 Å². The SMILES string of the molecule is CCCNCCS(=O)(=O)N(C)Cc1ccc(F)cc1. The van der Waals surface area contributed by atoms with Crippen molar-refractivity contribution in [2.24, 2.45) is 0 Å². The topological polar surface area (TPSA) is 49.4 Å². The van der Waals surface area contributed by atoms with Crippen LogP contribution in [0.25, 0.3) is 0 Å². The van der Waals surface area contributed by atoms with Crippen molar-refractivity contribution in [3.63, 3.8) is 0 Å². The molecule has 1 rings (SSSR count). The number of hydrogen-bond donors (Lipinski definition) is 1. The van der Waals surface area contributed by atoms with Crippen LogP contribution in [-0.4, -0.2) is 38.6 Å². The maximum atomic E-state index is 12.8. The van der Waals surface area contributed by atoms with Gasteiger partial charge in [0.15, 0.2) is 0 Å². The van der Waals surface area contributed by atoms with Crippen LogP contribution in [-0.2, 0) is 16.6 Å². The minimum atomic E-state index is -3.27. The van der Waals surface area contributed by atoms with Crippen LogP contribution >= 0.6 is 0 Å². The molecular formula is C13H21FN2O2S. The number of halogens is 1. The maximum absolute atomic E-state index is 12.8. The van der Waals surface area contributed by atoms with Crippen molar-refractivity contribution in [1.29, 1.82) is 0 Å². The lowest BCUT2D eigenvalue weighted by atomic mass is 10.2. The van der Waals surface area contributed by atoms with Gasteiger partial charge in [0, 0.05) is 20.1 Å². The first-order valence-electron chi connectivity index (χ1n) is 6.35. The molecule has 0 fully saturated rings. The molecule has 0 saturated heterocycles. The van der Waals surface area contributed by atoms with Crippen LogP contribution in [0.1, 0.15) is 18.9 Å². The highest BCUT2D eigenvalue weighted by Crippen LogP contribution is 2.08. The Kier molecular flexibility index (Phi) is 6.41. The molecule has 0 atom stereocenters. The third-order valence-corrected chi connectivity index (χ3v) is 4.56. The van der Waals surface area contributed by atoms with Crippen LogP contribution in [0.5, 0.6) is 0 Å². The van der Waals surface area contributed by atoms with Gasteiger partial charge in [-0.2, -0.15) is 0 Å². The van der Waals surface area contributed by atoms with E-state index in [2.05, 4.69) is 5.32 Å². The third kappa shape index (κ3) is 5.67. The number of nitrogens with one attached hydrogen (secondary N) is 1. The molecule has 0 saturated carbocycles. The Morgan fingerprint density at radius 3 is 2.42 bits per heavy atom. The lowest BCUT2D eigenvalue weighted by Crippen LogP contribution is -2.33. The van der Waals surface area contributed by atoms with Crippen LogP contribution in [0, 0.1) is 5.82 Å². The zero-order valence-electron chi connectivity index (χ0n) is 11.4. The molecule has 0 radical (unpaired) electrons. The van der Waals surface area contributed by atoms with Gasteiger partial charge in [-0.3, -0.25) is 0 Å². The second kappa shape index (κ2) is 7.57. The van der Waals surface area contributed by atoms with E-state index >= 15 is 0 Å². The standard InChI is InChI=1S/C13H21FN2O2S/c1-3-8-15-9-10-19(17,18)16(2)11-12-4-6-13(14)7-5-12/h4-7,15H,3,8-11H2,1-2H3. The largest absolute Gasteiger partial charge is 0.316 e. The molecule has 1 aromatic carbocycles. The van der Waals surface area contributed by atoms with E-state index in [0.29, 0.717) is 6.54 Å². The van der Waals surface area contributed by atoms with Gasteiger partial charge in [0.2, 0.25) is 10.0 Å². The summed E-state index contributed by atoms with van der Waals surface area (Å²) in [5.41, 5.74) is 0.772. The molecule has 0 aliphatic rings. The molecule has 0 spiro atoms. The van der Waals surface area contributed by atoms with E-state index < -0.39 is 10.0 Å². The molecule has 4 nitrogen and oxygen atoms in total. The maximum Gasteiger partial charge on any atom is 0.215 e. The van der Waals surface area contributed by atoms with Gasteiger partial charge in [-0.15, -0.1) is 0 Å². The van der Waals surface area contributed by atoms with Crippen molar-refractivity contribution in [2.75, 3.05) is 25.9 Å². The van der Waals surface area contributed by atoms with Crippen molar-refractivity contribution < 1.29 is 12.8 Å². The van der Waals surface area contributed by atoms with Crippen molar-refractivity contribution in [1.82, 2.24) is 9.62 Å². The first kappa shape index (κ1) is 16.1. The molecular weight excluding hydrogens is 267 g/mol. The minimum Gasteiger partial charge on any atom is -0.316 e. The molecule has 6 heteroatoms. The zero-order valence-corrected chi connectivity index (χ0v) is 12.2. The van der Waals surface area contributed by atoms with Gasteiger partial charge in [-0.1, -0.05) is 19.1 Å². The average molecular weight is 288 g/mol. The number of sulfonamides is 1. The van der Waals surface area contributed by atoms with Crippen molar-refractivity contribution in [3.05, 3.63) is 35.6 Å². The lowest BCUT2D eigenvalue weighted by molar-refractivity contribution is 0.464. The molecule has 19 heavy (non-hydrogen) atoms. The van der Waals surface area contributed by atoms with E-state index in [1.54, 1.807) is 19.2 Å². The Hall–Kier alpha value is -0.980. The highest BCUT2D eigenvalue weighted by molar-refractivity contribution is 7.89. The molecule has 1 aromatic rings. The van der Waals surface area contributed by atoms with Gasteiger partial charge in [0.1, 0.15) is 5.82 Å². The Bertz CT molecular complexity index is 474. The number of benzene rings is 1. The van der Waals surface area contributed by atoms with E-state index in [9.17, 15) is 12.8 Å². The normalized spacial score (nSPS) is 12.0. The summed E-state index contributed by atoms with van der Waals surface area (Å²) in [5, 5.41) is 3.06. The quantitative estimate of drug-likeness (QED) is 0.739. The van der Waals surface area contributed by atoms with Crippen molar-refractivity contribution in [2.45, 2.75) is 19.9 Å². The number of hydrogen-bond acceptors (Lipinski definition) is 3. The molecule has 0 unspecified atom stereocenters. The fourth-order valence-electron chi connectivity index (χ4n) is 1.60.